The van der Waals surface area contributed by atoms with E-state index in [4.69, 9.17) is 5.11 Å². The van der Waals surface area contributed by atoms with Crippen molar-refractivity contribution in [3.8, 4) is 11.5 Å². The number of hydrogen-bond donors (Lipinski definition) is 2. The minimum Gasteiger partial charge on any atom is -0.504 e. The third-order valence-corrected chi connectivity index (χ3v) is 1.84. The van der Waals surface area contributed by atoms with E-state index in [1.54, 1.807) is 6.07 Å². The lowest BCUT2D eigenvalue weighted by atomic mass is 9.87. The maximum absolute atomic E-state index is 9.21. The molecule has 13 heavy (non-hydrogen) atoms. The molecular weight excluding hydrogens is 163 g/mol. The first-order valence-electron chi connectivity index (χ1n) is 3.94. The van der Waals surface area contributed by atoms with Crippen LogP contribution in [0.1, 0.15) is 26.3 Å². The molecule has 1 aromatic rings. The van der Waals surface area contributed by atoms with Gasteiger partial charge in [-0.05, 0) is 23.1 Å². The van der Waals surface area contributed by atoms with Gasteiger partial charge in [0.25, 0.3) is 0 Å². The van der Waals surface area contributed by atoms with E-state index in [1.165, 1.54) is 6.07 Å². The largest absolute Gasteiger partial charge is 0.504 e. The van der Waals surface area contributed by atoms with Gasteiger partial charge in [0.1, 0.15) is 0 Å². The summed E-state index contributed by atoms with van der Waals surface area (Å²) in [5, 5.41) is 18.3. The van der Waals surface area contributed by atoms with Crippen LogP contribution in [0.4, 0.5) is 0 Å². The molecule has 0 fully saturated rings. The molecule has 72 valence electrons. The van der Waals surface area contributed by atoms with Crippen LogP contribution < -0.4 is 0 Å². The molecule has 0 bridgehead atoms. The van der Waals surface area contributed by atoms with E-state index in [0.29, 0.717) is 0 Å². The van der Waals surface area contributed by atoms with E-state index in [-0.39, 0.29) is 25.3 Å². The predicted octanol–water partition coefficient (Wildman–Crippen LogP) is 1.21. The van der Waals surface area contributed by atoms with Crippen LogP contribution in [-0.2, 0) is 5.41 Å². The molecule has 0 aliphatic rings. The van der Waals surface area contributed by atoms with Gasteiger partial charge in [0.05, 0.1) is 8.41 Å². The lowest BCUT2D eigenvalue weighted by molar-refractivity contribution is 0.401. The SMILES string of the molecule is B.CC(C)(C)c1ccc(O)c(O)c1. The summed E-state index contributed by atoms with van der Waals surface area (Å²) in [5.41, 5.74) is 1.02. The predicted molar refractivity (Wildman–Crippen MR) is 58.4 cm³/mol. The van der Waals surface area contributed by atoms with Crippen LogP contribution in [0.5, 0.6) is 11.5 Å². The molecule has 0 aromatic heterocycles. The summed E-state index contributed by atoms with van der Waals surface area (Å²) >= 11 is 0. The van der Waals surface area contributed by atoms with Gasteiger partial charge in [0.15, 0.2) is 11.5 Å². The highest BCUT2D eigenvalue weighted by atomic mass is 16.3. The highest BCUT2D eigenvalue weighted by Gasteiger charge is 2.14. The van der Waals surface area contributed by atoms with Crippen LogP contribution in [0, 0.1) is 0 Å². The molecular formula is C10H17BO2. The van der Waals surface area contributed by atoms with Crippen molar-refractivity contribution in [3.63, 3.8) is 0 Å². The van der Waals surface area contributed by atoms with E-state index in [0.717, 1.165) is 5.56 Å². The fourth-order valence-electron chi connectivity index (χ4n) is 0.990. The van der Waals surface area contributed by atoms with Gasteiger partial charge in [0, 0.05) is 0 Å². The van der Waals surface area contributed by atoms with Gasteiger partial charge >= 0.3 is 0 Å². The molecule has 1 aromatic carbocycles. The Morgan fingerprint density at radius 1 is 1.00 bits per heavy atom. The smallest absolute Gasteiger partial charge is 0.157 e. The molecule has 3 heteroatoms. The second kappa shape index (κ2) is 3.73. The highest BCUT2D eigenvalue weighted by molar-refractivity contribution is 5.75. The van der Waals surface area contributed by atoms with E-state index < -0.39 is 0 Å². The van der Waals surface area contributed by atoms with Crippen LogP contribution in [-0.4, -0.2) is 18.6 Å². The average Bonchev–Trinajstić information content (AvgIpc) is 1.92. The Morgan fingerprint density at radius 3 is 1.92 bits per heavy atom. The Bertz CT molecular complexity index is 289. The summed E-state index contributed by atoms with van der Waals surface area (Å²) in [7, 11) is 0. The van der Waals surface area contributed by atoms with Crippen molar-refractivity contribution < 1.29 is 10.2 Å². The highest BCUT2D eigenvalue weighted by Crippen LogP contribution is 2.30. The van der Waals surface area contributed by atoms with Crippen LogP contribution >= 0.6 is 0 Å². The minimum atomic E-state index is -0.0667. The van der Waals surface area contributed by atoms with E-state index >= 15 is 0 Å². The topological polar surface area (TPSA) is 40.5 Å². The van der Waals surface area contributed by atoms with Gasteiger partial charge in [-0.15, -0.1) is 0 Å². The third-order valence-electron chi connectivity index (χ3n) is 1.84. The van der Waals surface area contributed by atoms with Gasteiger partial charge in [0.2, 0.25) is 0 Å². The fraction of sp³-hybridized carbons (Fsp3) is 0.400. The molecule has 2 nitrogen and oxygen atoms in total. The summed E-state index contributed by atoms with van der Waals surface area (Å²) in [6.07, 6.45) is 0. The van der Waals surface area contributed by atoms with Gasteiger partial charge in [-0.1, -0.05) is 26.8 Å². The maximum atomic E-state index is 9.21. The zero-order valence-electron chi connectivity index (χ0n) is 7.63. The zero-order valence-corrected chi connectivity index (χ0v) is 7.63. The first kappa shape index (κ1) is 11.9. The second-order valence-corrected chi connectivity index (χ2v) is 3.95. The van der Waals surface area contributed by atoms with Crippen molar-refractivity contribution in [1.82, 2.24) is 0 Å². The van der Waals surface area contributed by atoms with Crippen LogP contribution in [0.15, 0.2) is 18.2 Å². The van der Waals surface area contributed by atoms with Gasteiger partial charge in [-0.3, -0.25) is 0 Å². The fourth-order valence-corrected chi connectivity index (χ4v) is 0.990. The molecule has 0 spiro atoms. The first-order valence-corrected chi connectivity index (χ1v) is 3.94. The average molecular weight is 180 g/mol. The van der Waals surface area contributed by atoms with Crippen molar-refractivity contribution >= 4 is 8.41 Å². The lowest BCUT2D eigenvalue weighted by Gasteiger charge is -2.19. The Labute approximate surface area is 80.8 Å². The van der Waals surface area contributed by atoms with Crippen LogP contribution in [0.25, 0.3) is 0 Å². The molecule has 0 saturated heterocycles. The number of phenolic OH excluding ortho intramolecular Hbond substituents is 2. The van der Waals surface area contributed by atoms with Crippen molar-refractivity contribution in [3.05, 3.63) is 23.8 Å². The number of phenols is 2. The van der Waals surface area contributed by atoms with Gasteiger partial charge in [-0.2, -0.15) is 0 Å². The summed E-state index contributed by atoms with van der Waals surface area (Å²) in [5.74, 6) is -0.120. The minimum absolute atomic E-state index is 0. The third kappa shape index (κ3) is 2.69. The Balaban J connectivity index is 0.00000144. The zero-order chi connectivity index (χ0) is 9.35. The normalized spacial score (nSPS) is 10.7. The van der Waals surface area contributed by atoms with Crippen molar-refractivity contribution in [2.75, 3.05) is 0 Å². The van der Waals surface area contributed by atoms with Crippen molar-refractivity contribution in [1.29, 1.82) is 0 Å². The first-order chi connectivity index (χ1) is 5.41. The van der Waals surface area contributed by atoms with E-state index in [1.807, 2.05) is 6.07 Å². The van der Waals surface area contributed by atoms with Crippen LogP contribution in [0.3, 0.4) is 0 Å². The number of hydrogen-bond acceptors (Lipinski definition) is 2. The van der Waals surface area contributed by atoms with E-state index in [2.05, 4.69) is 20.8 Å². The van der Waals surface area contributed by atoms with Crippen molar-refractivity contribution in [2.45, 2.75) is 26.2 Å². The van der Waals surface area contributed by atoms with E-state index in [9.17, 15) is 5.11 Å². The Kier molecular flexibility index (Phi) is 3.41. The number of benzene rings is 1. The summed E-state index contributed by atoms with van der Waals surface area (Å²) < 4.78 is 0. The summed E-state index contributed by atoms with van der Waals surface area (Å²) in [4.78, 5) is 0. The molecule has 0 radical (unpaired) electrons. The van der Waals surface area contributed by atoms with Crippen LogP contribution in [0.2, 0.25) is 0 Å². The molecule has 0 aliphatic heterocycles. The summed E-state index contributed by atoms with van der Waals surface area (Å²) in [6.45, 7) is 6.16. The summed E-state index contributed by atoms with van der Waals surface area (Å²) in [6, 6.07) is 4.92. The number of aromatic hydroxyl groups is 2. The molecule has 0 heterocycles. The molecule has 1 rings (SSSR count). The Hall–Kier alpha value is -1.12. The molecule has 0 aliphatic carbocycles. The molecule has 2 N–H and O–H groups in total. The Morgan fingerprint density at radius 2 is 1.54 bits per heavy atom. The lowest BCUT2D eigenvalue weighted by Crippen LogP contribution is -2.10. The number of rotatable bonds is 0. The second-order valence-electron chi connectivity index (χ2n) is 3.95. The molecule has 0 unspecified atom stereocenters. The molecule has 0 amide bonds. The van der Waals surface area contributed by atoms with Gasteiger partial charge in [-0.25, -0.2) is 0 Å². The molecule has 0 saturated carbocycles. The quantitative estimate of drug-likeness (QED) is 0.465. The molecule has 0 atom stereocenters. The van der Waals surface area contributed by atoms with Crippen molar-refractivity contribution in [2.24, 2.45) is 0 Å². The monoisotopic (exact) mass is 180 g/mol. The maximum Gasteiger partial charge on any atom is 0.157 e. The van der Waals surface area contributed by atoms with Gasteiger partial charge < -0.3 is 10.2 Å². The standard InChI is InChI=1S/C10H14O2.BH3/c1-10(2,3)7-4-5-8(11)9(12)6-7;/h4-6,11-12H,1-3H3;1H3.